The number of hydrogen-bond donors (Lipinski definition) is 1. The maximum Gasteiger partial charge on any atom is 0.0469 e. The number of nitrogens with one attached hydrogen (secondary N) is 1. The Morgan fingerprint density at radius 1 is 1.32 bits per heavy atom. The fraction of sp³-hybridized carbons (Fsp3) is 0.625. The first kappa shape index (κ1) is 13.5. The van der Waals surface area contributed by atoms with Gasteiger partial charge in [-0.05, 0) is 43.4 Å². The van der Waals surface area contributed by atoms with E-state index in [9.17, 15) is 0 Å². The molecule has 2 unspecified atom stereocenters. The summed E-state index contributed by atoms with van der Waals surface area (Å²) in [6, 6.07) is 9.51. The molecule has 1 aromatic carbocycles. The fourth-order valence-electron chi connectivity index (χ4n) is 3.32. The lowest BCUT2D eigenvalue weighted by molar-refractivity contribution is 0.0537. The fourth-order valence-corrected chi connectivity index (χ4v) is 4.84. The van der Waals surface area contributed by atoms with Crippen LogP contribution in [0.3, 0.4) is 0 Å². The van der Waals surface area contributed by atoms with Gasteiger partial charge in [0, 0.05) is 29.4 Å². The number of rotatable bonds is 4. The molecule has 0 bridgehead atoms. The Morgan fingerprint density at radius 3 is 2.84 bits per heavy atom. The van der Waals surface area contributed by atoms with Gasteiger partial charge in [0.1, 0.15) is 0 Å². The van der Waals surface area contributed by atoms with Crippen LogP contribution in [0.1, 0.15) is 25.3 Å². The second-order valence-corrected chi connectivity index (χ2v) is 6.78. The van der Waals surface area contributed by atoms with Crippen LogP contribution in [0.25, 0.3) is 0 Å². The predicted molar refractivity (Wildman–Crippen MR) is 80.8 cm³/mol. The van der Waals surface area contributed by atoms with E-state index in [0.29, 0.717) is 11.3 Å². The Kier molecular flexibility index (Phi) is 4.46. The van der Waals surface area contributed by atoms with Gasteiger partial charge in [-0.15, -0.1) is 11.8 Å². The number of ether oxygens (including phenoxy) is 1. The van der Waals surface area contributed by atoms with Crippen molar-refractivity contribution in [2.45, 2.75) is 42.4 Å². The summed E-state index contributed by atoms with van der Waals surface area (Å²) in [7, 11) is 0. The van der Waals surface area contributed by atoms with E-state index in [2.05, 4.69) is 48.3 Å². The highest BCUT2D eigenvalue weighted by Gasteiger charge is 2.34. The maximum atomic E-state index is 5.52. The minimum atomic E-state index is 0.631. The van der Waals surface area contributed by atoms with Gasteiger partial charge in [-0.25, -0.2) is 0 Å². The predicted octanol–water partition coefficient (Wildman–Crippen LogP) is 3.11. The molecule has 2 aliphatic rings. The van der Waals surface area contributed by atoms with Crippen LogP contribution >= 0.6 is 11.8 Å². The van der Waals surface area contributed by atoms with Crippen LogP contribution in [0.15, 0.2) is 29.2 Å². The van der Waals surface area contributed by atoms with Crippen molar-refractivity contribution in [3.63, 3.8) is 0 Å². The lowest BCUT2D eigenvalue weighted by atomic mass is 9.87. The average Bonchev–Trinajstić information content (AvgIpc) is 2.89. The summed E-state index contributed by atoms with van der Waals surface area (Å²) in [5, 5.41) is 4.45. The zero-order valence-corrected chi connectivity index (χ0v) is 12.4. The molecule has 19 heavy (non-hydrogen) atoms. The quantitative estimate of drug-likeness (QED) is 0.914. The van der Waals surface area contributed by atoms with Crippen LogP contribution in [0.2, 0.25) is 0 Å². The van der Waals surface area contributed by atoms with E-state index in [4.69, 9.17) is 4.74 Å². The summed E-state index contributed by atoms with van der Waals surface area (Å²) in [5.74, 6) is 0.778. The monoisotopic (exact) mass is 277 g/mol. The normalized spacial score (nSPS) is 25.2. The minimum Gasteiger partial charge on any atom is -0.381 e. The topological polar surface area (TPSA) is 21.3 Å². The highest BCUT2D eigenvalue weighted by atomic mass is 32.2. The van der Waals surface area contributed by atoms with Crippen molar-refractivity contribution < 1.29 is 4.74 Å². The van der Waals surface area contributed by atoms with Crippen molar-refractivity contribution in [3.8, 4) is 0 Å². The standard InChI is InChI=1S/C16H23NOS/c1-2-17-16(12-7-9-18-10-8-12)15-11-13-5-3-4-6-14(13)19-15/h3-6,12,15-17H,2,7-11H2,1H3. The molecule has 1 aromatic rings. The molecular weight excluding hydrogens is 254 g/mol. The summed E-state index contributed by atoms with van der Waals surface area (Å²) >= 11 is 2.07. The van der Waals surface area contributed by atoms with Gasteiger partial charge >= 0.3 is 0 Å². The summed E-state index contributed by atoms with van der Waals surface area (Å²) in [6.45, 7) is 5.17. The zero-order chi connectivity index (χ0) is 13.1. The van der Waals surface area contributed by atoms with Crippen LogP contribution in [-0.2, 0) is 11.2 Å². The molecule has 2 heterocycles. The Balaban J connectivity index is 1.71. The molecule has 3 rings (SSSR count). The van der Waals surface area contributed by atoms with Gasteiger partial charge in [0.05, 0.1) is 0 Å². The van der Waals surface area contributed by atoms with Gasteiger partial charge in [-0.1, -0.05) is 25.1 Å². The summed E-state index contributed by atoms with van der Waals surface area (Å²) in [6.07, 6.45) is 3.64. The van der Waals surface area contributed by atoms with Crippen LogP contribution in [0.4, 0.5) is 0 Å². The van der Waals surface area contributed by atoms with Gasteiger partial charge in [0.25, 0.3) is 0 Å². The largest absolute Gasteiger partial charge is 0.381 e. The molecule has 2 atom stereocenters. The average molecular weight is 277 g/mol. The number of hydrogen-bond acceptors (Lipinski definition) is 3. The van der Waals surface area contributed by atoms with Crippen molar-refractivity contribution in [1.29, 1.82) is 0 Å². The van der Waals surface area contributed by atoms with Gasteiger partial charge < -0.3 is 10.1 Å². The molecule has 0 radical (unpaired) electrons. The third kappa shape index (κ3) is 2.99. The van der Waals surface area contributed by atoms with Gasteiger partial charge in [-0.3, -0.25) is 0 Å². The Hall–Kier alpha value is -0.510. The van der Waals surface area contributed by atoms with E-state index in [0.717, 1.165) is 25.7 Å². The van der Waals surface area contributed by atoms with Gasteiger partial charge in [0.15, 0.2) is 0 Å². The molecule has 2 nitrogen and oxygen atoms in total. The molecule has 0 saturated carbocycles. The molecule has 1 fully saturated rings. The summed E-state index contributed by atoms with van der Waals surface area (Å²) < 4.78 is 5.52. The Morgan fingerprint density at radius 2 is 2.11 bits per heavy atom. The second kappa shape index (κ2) is 6.29. The second-order valence-electron chi connectivity index (χ2n) is 5.50. The molecule has 3 heteroatoms. The van der Waals surface area contributed by atoms with E-state index in [1.807, 2.05) is 0 Å². The van der Waals surface area contributed by atoms with E-state index >= 15 is 0 Å². The smallest absolute Gasteiger partial charge is 0.0469 e. The highest BCUT2D eigenvalue weighted by molar-refractivity contribution is 8.00. The first-order chi connectivity index (χ1) is 9.38. The van der Waals surface area contributed by atoms with Crippen molar-refractivity contribution in [2.24, 2.45) is 5.92 Å². The number of fused-ring (bicyclic) bond motifs is 1. The van der Waals surface area contributed by atoms with E-state index in [1.165, 1.54) is 29.7 Å². The molecule has 0 aliphatic carbocycles. The molecular formula is C16H23NOS. The highest BCUT2D eigenvalue weighted by Crippen LogP contribution is 2.41. The maximum absolute atomic E-state index is 5.52. The summed E-state index contributed by atoms with van der Waals surface area (Å²) in [5.41, 5.74) is 1.53. The lowest BCUT2D eigenvalue weighted by Crippen LogP contribution is -2.45. The van der Waals surface area contributed by atoms with E-state index in [1.54, 1.807) is 0 Å². The molecule has 1 saturated heterocycles. The van der Waals surface area contributed by atoms with Crippen molar-refractivity contribution in [3.05, 3.63) is 29.8 Å². The van der Waals surface area contributed by atoms with Crippen LogP contribution in [-0.4, -0.2) is 31.1 Å². The van der Waals surface area contributed by atoms with Gasteiger partial charge in [0.2, 0.25) is 0 Å². The molecule has 0 spiro atoms. The third-order valence-corrected chi connectivity index (χ3v) is 5.70. The molecule has 0 aromatic heterocycles. The molecule has 0 amide bonds. The molecule has 2 aliphatic heterocycles. The third-order valence-electron chi connectivity index (χ3n) is 4.29. The zero-order valence-electron chi connectivity index (χ0n) is 11.6. The lowest BCUT2D eigenvalue weighted by Gasteiger charge is -2.34. The first-order valence-electron chi connectivity index (χ1n) is 7.44. The van der Waals surface area contributed by atoms with Crippen LogP contribution in [0, 0.1) is 5.92 Å². The number of benzene rings is 1. The van der Waals surface area contributed by atoms with Crippen molar-refractivity contribution in [1.82, 2.24) is 5.32 Å². The number of thioether (sulfide) groups is 1. The molecule has 1 N–H and O–H groups in total. The Bertz CT molecular complexity index is 392. The molecule has 104 valence electrons. The summed E-state index contributed by atoms with van der Waals surface area (Å²) in [4.78, 5) is 1.49. The Labute approximate surface area is 120 Å². The van der Waals surface area contributed by atoms with E-state index in [-0.39, 0.29) is 0 Å². The van der Waals surface area contributed by atoms with Gasteiger partial charge in [-0.2, -0.15) is 0 Å². The SMILES string of the molecule is CCNC(C1CCOCC1)C1Cc2ccccc2S1. The van der Waals surface area contributed by atoms with Crippen LogP contribution < -0.4 is 5.32 Å². The first-order valence-corrected chi connectivity index (χ1v) is 8.32. The van der Waals surface area contributed by atoms with Crippen molar-refractivity contribution >= 4 is 11.8 Å². The van der Waals surface area contributed by atoms with E-state index < -0.39 is 0 Å². The minimum absolute atomic E-state index is 0.631. The van der Waals surface area contributed by atoms with Crippen LogP contribution in [0.5, 0.6) is 0 Å². The van der Waals surface area contributed by atoms with Crippen molar-refractivity contribution in [2.75, 3.05) is 19.8 Å².